The summed E-state index contributed by atoms with van der Waals surface area (Å²) in [6, 6.07) is 19.8. The number of nitrogens with one attached hydrogen (secondary N) is 1. The van der Waals surface area contributed by atoms with Crippen molar-refractivity contribution in [3.8, 4) is 52.6 Å². The number of aryl methyl sites for hydroxylation is 2. The molecule has 2 bridgehead atoms. The number of halogens is 2. The molecule has 8 heterocycles. The lowest BCUT2D eigenvalue weighted by molar-refractivity contribution is -0.154. The number of phenols is 1. The minimum absolute atomic E-state index is 0.00765. The first-order valence-electron chi connectivity index (χ1n) is 32.0. The molecule has 95 heavy (non-hydrogen) atoms. The molecule has 6 atom stereocenters. The van der Waals surface area contributed by atoms with Gasteiger partial charge >= 0.3 is 12.0 Å². The van der Waals surface area contributed by atoms with E-state index < -0.39 is 45.3 Å². The molecule has 23 nitrogen and oxygen atoms in total. The Labute approximate surface area is 548 Å². The molecule has 1 amide bonds. The number of aromatic hydroxyl groups is 1. The average Bonchev–Trinajstić information content (AvgIpc) is 1.19. The van der Waals surface area contributed by atoms with Gasteiger partial charge in [0.25, 0.3) is 0 Å². The summed E-state index contributed by atoms with van der Waals surface area (Å²) in [7, 11) is 1.11. The number of likely N-dealkylation sites (tertiary alicyclic amines) is 1. The van der Waals surface area contributed by atoms with Gasteiger partial charge in [0, 0.05) is 81.0 Å². The highest BCUT2D eigenvalue weighted by Gasteiger charge is 2.50. The van der Waals surface area contributed by atoms with Crippen molar-refractivity contribution in [2.75, 3.05) is 98.0 Å². The van der Waals surface area contributed by atoms with Crippen LogP contribution in [0.1, 0.15) is 79.7 Å². The summed E-state index contributed by atoms with van der Waals surface area (Å²) in [5, 5.41) is 23.9. The number of hydrogen-bond donors (Lipinski definition) is 2. The third-order valence-corrected chi connectivity index (χ3v) is 20.8. The van der Waals surface area contributed by atoms with Crippen molar-refractivity contribution in [1.29, 1.82) is 0 Å². The second-order valence-electron chi connectivity index (χ2n) is 25.1. The van der Waals surface area contributed by atoms with Crippen molar-refractivity contribution in [1.82, 2.24) is 49.4 Å². The number of phenolic OH excluding ortho intramolecular Hbond substituents is 1. The molecule has 4 fully saturated rings. The number of likely N-dealkylation sites (N-methyl/N-ethyl adjacent to an activating group) is 1. The number of aromatic nitrogens is 6. The molecule has 4 saturated heterocycles. The van der Waals surface area contributed by atoms with Crippen molar-refractivity contribution in [2.24, 2.45) is 7.05 Å². The maximum absolute atomic E-state index is 17.4. The minimum atomic E-state index is -4.12. The van der Waals surface area contributed by atoms with Crippen LogP contribution < -0.4 is 29.2 Å². The number of amides is 1. The van der Waals surface area contributed by atoms with Crippen molar-refractivity contribution >= 4 is 60.4 Å². The number of piperazine rings is 1. The van der Waals surface area contributed by atoms with E-state index in [0.29, 0.717) is 78.1 Å². The summed E-state index contributed by atoms with van der Waals surface area (Å²) < 4.78 is 107. The molecular weight excluding hydrogens is 1240 g/mol. The summed E-state index contributed by atoms with van der Waals surface area (Å²) in [6.45, 7) is 8.66. The van der Waals surface area contributed by atoms with E-state index >= 15 is 13.6 Å². The zero-order valence-electron chi connectivity index (χ0n) is 53.8. The van der Waals surface area contributed by atoms with Gasteiger partial charge in [-0.05, 0) is 130 Å². The van der Waals surface area contributed by atoms with E-state index in [1.165, 1.54) is 40.8 Å². The molecule has 3 aromatic heterocycles. The van der Waals surface area contributed by atoms with Gasteiger partial charge in [-0.2, -0.15) is 14.3 Å². The monoisotopic (exact) mass is 1320 g/mol. The number of rotatable bonds is 20. The highest BCUT2D eigenvalue weighted by Crippen LogP contribution is 2.42. The van der Waals surface area contributed by atoms with Gasteiger partial charge < -0.3 is 53.4 Å². The predicted molar refractivity (Wildman–Crippen MR) is 348 cm³/mol. The number of sulfonamides is 1. The Bertz CT molecular complexity index is 4450. The summed E-state index contributed by atoms with van der Waals surface area (Å²) in [5.41, 5.74) is 2.98. The van der Waals surface area contributed by atoms with Crippen molar-refractivity contribution in [2.45, 2.75) is 100 Å². The van der Waals surface area contributed by atoms with Gasteiger partial charge in [-0.25, -0.2) is 21.9 Å². The van der Waals surface area contributed by atoms with Crippen LogP contribution in [-0.2, 0) is 47.4 Å². The molecule has 0 aliphatic carbocycles. The zero-order valence-corrected chi connectivity index (χ0v) is 54.6. The van der Waals surface area contributed by atoms with Gasteiger partial charge in [0.1, 0.15) is 86.6 Å². The van der Waals surface area contributed by atoms with E-state index in [1.807, 2.05) is 56.1 Å². The van der Waals surface area contributed by atoms with Crippen LogP contribution in [0.4, 0.5) is 14.6 Å². The van der Waals surface area contributed by atoms with Crippen LogP contribution in [0.2, 0.25) is 0 Å². The third kappa shape index (κ3) is 12.7. The first-order valence-corrected chi connectivity index (χ1v) is 33.4. The number of terminal acetylenes is 1. The second-order valence-corrected chi connectivity index (χ2v) is 27.0. The molecule has 498 valence electrons. The summed E-state index contributed by atoms with van der Waals surface area (Å²) in [5.74, 6) is 1.11. The lowest BCUT2D eigenvalue weighted by Gasteiger charge is -2.41. The van der Waals surface area contributed by atoms with Crippen molar-refractivity contribution in [3.63, 3.8) is 0 Å². The number of carbonyl (C=O) groups is 2. The number of carbonyl (C=O) groups excluding carboxylic acids is 2. The Kier molecular flexibility index (Phi) is 18.3. The van der Waals surface area contributed by atoms with Crippen LogP contribution in [0.5, 0.6) is 29.0 Å². The molecule has 13 rings (SSSR count). The zero-order chi connectivity index (χ0) is 66.4. The van der Waals surface area contributed by atoms with Gasteiger partial charge in [0.15, 0.2) is 5.82 Å². The smallest absolute Gasteiger partial charge is 0.319 e. The van der Waals surface area contributed by atoms with Gasteiger partial charge in [-0.15, -0.1) is 11.5 Å². The number of methoxy groups -OCH3 is 1. The van der Waals surface area contributed by atoms with Crippen LogP contribution >= 0.6 is 0 Å². The number of benzene rings is 5. The maximum atomic E-state index is 17.4. The first-order chi connectivity index (χ1) is 45.8. The highest BCUT2D eigenvalue weighted by atomic mass is 32.2. The van der Waals surface area contributed by atoms with Gasteiger partial charge in [-0.3, -0.25) is 19.5 Å². The lowest BCUT2D eigenvalue weighted by atomic mass is 9.86. The number of hydrogen-bond acceptors (Lipinski definition) is 20. The minimum Gasteiger partial charge on any atom is -0.508 e. The summed E-state index contributed by atoms with van der Waals surface area (Å²) in [6.07, 6.45) is 9.41. The molecular formula is C69H75F2N11O12S. The number of esters is 1. The second kappa shape index (κ2) is 26.8. The topological polar surface area (TPSA) is 247 Å². The molecule has 0 saturated carbocycles. The van der Waals surface area contributed by atoms with E-state index in [-0.39, 0.29) is 140 Å². The highest BCUT2D eigenvalue weighted by molar-refractivity contribution is 7.89. The molecule has 2 unspecified atom stereocenters. The fraction of sp³-hybridized carbons (Fsp3) is 0.435. The average molecular weight is 1320 g/mol. The molecule has 5 aromatic carbocycles. The largest absolute Gasteiger partial charge is 0.508 e. The fourth-order valence-corrected chi connectivity index (χ4v) is 15.7. The Morgan fingerprint density at radius 1 is 0.958 bits per heavy atom. The van der Waals surface area contributed by atoms with Crippen LogP contribution in [0, 0.1) is 30.9 Å². The predicted octanol–water partition coefficient (Wildman–Crippen LogP) is 7.57. The molecule has 26 heteroatoms. The fourth-order valence-electron chi connectivity index (χ4n) is 14.1. The third-order valence-electron chi connectivity index (χ3n) is 18.9. The lowest BCUT2D eigenvalue weighted by Crippen LogP contribution is -2.61. The van der Waals surface area contributed by atoms with Gasteiger partial charge in [0.2, 0.25) is 15.9 Å². The molecule has 8 aromatic rings. The van der Waals surface area contributed by atoms with Gasteiger partial charge in [-0.1, -0.05) is 35.4 Å². The standard InChI is InChI=1S/C69H75F2N11O12S/c1-8-51-55(70)17-13-43-26-48(83)29-53(61(43)51)63-62(71)64-54(32-72-63)66(81-35-46-14-15-47(36-81)73-46)75-68(74-64)93-39-69(19-10-20-78(69)5)67(85)80-21-22-91-50(37-80)38-89-23-24-92-49-16-18-59-57(30-49)94-41(4)33-82(95(59,86)87)34-45-25-42(12-11-40(45)3)52(31-60(84)90-9-2)44-27-56-65(58(28-44)88-7)79(6)77-76-56/h1,11-13,16-18,25-30,32,41,46-47,50,52,73,83H,9-10,14-15,19-24,31,33-39H2,2-7H3/t41-,46-,47+,50?,52?,69-/m1/s1. The Hall–Kier alpha value is -8.84. The summed E-state index contributed by atoms with van der Waals surface area (Å²) >= 11 is 0. The van der Waals surface area contributed by atoms with E-state index in [1.54, 1.807) is 42.8 Å². The quantitative estimate of drug-likeness (QED) is 0.0424. The SMILES string of the molecule is C#Cc1c(F)ccc2cc(O)cc(-c3ncc4c(N5C[C@H]6CC[C@@H](C5)N6)nc(OC[C@@]5(C(=O)N6CCOC(COCCOc7ccc8c(c7)O[C@H](C)CN(Cc7cc(C(CC(=O)OCC)c9cc(OC)c%10c(c9)nnn%10C)ccc7C)S8(=O)=O)C6)CCCN5C)nc4c3F)c12. The number of pyridine rings is 1. The van der Waals surface area contributed by atoms with E-state index in [4.69, 9.17) is 44.6 Å². The molecule has 0 radical (unpaired) electrons. The Balaban J connectivity index is 0.662. The normalized spacial score (nSPS) is 21.5. The maximum Gasteiger partial charge on any atom is 0.319 e. The number of ether oxygens (including phenoxy) is 7. The number of anilines is 1. The van der Waals surface area contributed by atoms with Crippen molar-refractivity contribution < 1.29 is 65.1 Å². The van der Waals surface area contributed by atoms with Crippen LogP contribution in [0.15, 0.2) is 83.9 Å². The van der Waals surface area contributed by atoms with Crippen LogP contribution in [0.25, 0.3) is 44.0 Å². The number of nitrogens with zero attached hydrogens (tertiary/aromatic N) is 10. The van der Waals surface area contributed by atoms with E-state index in [0.717, 1.165) is 35.1 Å². The van der Waals surface area contributed by atoms with Gasteiger partial charge in [0.05, 0.1) is 63.6 Å². The van der Waals surface area contributed by atoms with E-state index in [9.17, 15) is 18.3 Å². The van der Waals surface area contributed by atoms with E-state index in [2.05, 4.69) is 36.4 Å². The Morgan fingerprint density at radius 3 is 2.55 bits per heavy atom. The summed E-state index contributed by atoms with van der Waals surface area (Å²) in [4.78, 5) is 48.2. The molecule has 5 aliphatic heterocycles. The Morgan fingerprint density at radius 2 is 1.78 bits per heavy atom. The molecule has 5 aliphatic rings. The first kappa shape index (κ1) is 64.8. The molecule has 0 spiro atoms. The molecule has 2 N–H and O–H groups in total. The van der Waals surface area contributed by atoms with Crippen LogP contribution in [-0.4, -0.2) is 192 Å². The number of fused-ring (bicyclic) bond motifs is 6. The van der Waals surface area contributed by atoms with Crippen molar-refractivity contribution in [3.05, 3.63) is 118 Å². The van der Waals surface area contributed by atoms with Crippen LogP contribution in [0.3, 0.4) is 0 Å². The number of morpholine rings is 1.